The summed E-state index contributed by atoms with van der Waals surface area (Å²) in [5.41, 5.74) is 0.450. The van der Waals surface area contributed by atoms with E-state index in [4.69, 9.17) is 18.8 Å². The van der Waals surface area contributed by atoms with Crippen LogP contribution >= 0.6 is 0 Å². The molecule has 0 aliphatic carbocycles. The number of methoxy groups -OCH3 is 2. The zero-order valence-electron chi connectivity index (χ0n) is 21.5. The summed E-state index contributed by atoms with van der Waals surface area (Å²) < 4.78 is 21.1. The number of rotatable bonds is 9. The normalized spacial score (nSPS) is 17.7. The third kappa shape index (κ3) is 4.74. The van der Waals surface area contributed by atoms with Crippen LogP contribution < -0.4 is 14.8 Å². The Labute approximate surface area is 223 Å². The number of fused-ring (bicyclic) bond motifs is 1. The van der Waals surface area contributed by atoms with Gasteiger partial charge in [-0.15, -0.1) is 0 Å². The first-order valence-corrected chi connectivity index (χ1v) is 12.2. The van der Waals surface area contributed by atoms with Crippen molar-refractivity contribution in [2.75, 3.05) is 14.2 Å². The van der Waals surface area contributed by atoms with Gasteiger partial charge in [-0.3, -0.25) is 9.59 Å². The van der Waals surface area contributed by atoms with Crippen LogP contribution in [0.1, 0.15) is 29.7 Å². The third-order valence-corrected chi connectivity index (χ3v) is 6.73. The Bertz CT molecular complexity index is 1520. The number of benzene rings is 3. The van der Waals surface area contributed by atoms with Crippen molar-refractivity contribution in [2.24, 2.45) is 0 Å². The lowest BCUT2D eigenvalue weighted by atomic mass is 9.91. The summed E-state index contributed by atoms with van der Waals surface area (Å²) in [6.45, 7) is 1.72. The Balaban J connectivity index is 1.50. The van der Waals surface area contributed by atoms with E-state index in [2.05, 4.69) is 15.6 Å². The number of hydrogen-bond donors (Lipinski definition) is 1. The Morgan fingerprint density at radius 3 is 2.41 bits per heavy atom. The summed E-state index contributed by atoms with van der Waals surface area (Å²) in [5, 5.41) is 10.5. The van der Waals surface area contributed by atoms with Crippen LogP contribution in [0.3, 0.4) is 0 Å². The zero-order valence-corrected chi connectivity index (χ0v) is 21.5. The largest absolute Gasteiger partial charge is 0.497 e. The fourth-order valence-electron chi connectivity index (χ4n) is 4.64. The molecule has 2 atom stereocenters. The Hall–Kier alpha value is -4.93. The van der Waals surface area contributed by atoms with Crippen LogP contribution in [0.25, 0.3) is 11.0 Å². The van der Waals surface area contributed by atoms with Crippen molar-refractivity contribution < 1.29 is 33.2 Å². The molecule has 0 saturated carbocycles. The maximum Gasteiger partial charge on any atom is 0.418 e. The number of ether oxygens (including phenoxy) is 3. The molecule has 0 bridgehead atoms. The molecule has 1 aliphatic heterocycles. The Morgan fingerprint density at radius 2 is 1.72 bits per heavy atom. The van der Waals surface area contributed by atoms with E-state index < -0.39 is 29.6 Å². The second-order valence-corrected chi connectivity index (χ2v) is 9.09. The SMILES string of the molecule is COc1cc(CNC(=O)[C@@]2(Cc3cccc4nonc34)OC(=O)N([C@H](C)c3ccccc3)C2=O)cc(OC)c1. The maximum absolute atomic E-state index is 14.0. The van der Waals surface area contributed by atoms with Crippen LogP contribution in [0.15, 0.2) is 71.4 Å². The standard InChI is InChI=1S/C28H26N4O7/c1-17(19-8-5-4-6-9-19)32-26(34)28(38-27(32)35,15-20-10-7-11-23-24(20)31-39-30-23)25(33)29-16-18-12-21(36-2)14-22(13-18)37-3/h4-14,17H,15-16H2,1-3H3,(H,29,33)/t17-,28-/m1/s1. The van der Waals surface area contributed by atoms with E-state index in [0.29, 0.717) is 39.2 Å². The molecule has 4 aromatic rings. The molecule has 5 rings (SSSR count). The molecule has 200 valence electrons. The second kappa shape index (κ2) is 10.4. The van der Waals surface area contributed by atoms with Crippen LogP contribution in [0.5, 0.6) is 11.5 Å². The van der Waals surface area contributed by atoms with Gasteiger partial charge in [0.2, 0.25) is 0 Å². The fraction of sp³-hybridized carbons (Fsp3) is 0.250. The molecule has 1 fully saturated rings. The number of carbonyl (C=O) groups is 3. The van der Waals surface area contributed by atoms with E-state index >= 15 is 0 Å². The predicted molar refractivity (Wildman–Crippen MR) is 138 cm³/mol. The Kier molecular flexibility index (Phi) is 6.88. The average molecular weight is 531 g/mol. The molecule has 2 heterocycles. The summed E-state index contributed by atoms with van der Waals surface area (Å²) in [5.74, 6) is -0.494. The highest BCUT2D eigenvalue weighted by molar-refractivity contribution is 6.17. The van der Waals surface area contributed by atoms with Gasteiger partial charge in [-0.1, -0.05) is 42.5 Å². The highest BCUT2D eigenvalue weighted by Crippen LogP contribution is 2.36. The Morgan fingerprint density at radius 1 is 1.00 bits per heavy atom. The predicted octanol–water partition coefficient (Wildman–Crippen LogP) is 3.58. The molecule has 11 nitrogen and oxygen atoms in total. The quantitative estimate of drug-likeness (QED) is 0.322. The summed E-state index contributed by atoms with van der Waals surface area (Å²) in [4.78, 5) is 42.0. The fourth-order valence-corrected chi connectivity index (χ4v) is 4.64. The minimum absolute atomic E-state index is 0.0168. The van der Waals surface area contributed by atoms with Gasteiger partial charge in [0.15, 0.2) is 0 Å². The number of hydrogen-bond acceptors (Lipinski definition) is 9. The molecule has 1 saturated heterocycles. The molecule has 1 aliphatic rings. The van der Waals surface area contributed by atoms with Crippen LogP contribution in [0.2, 0.25) is 0 Å². The molecule has 39 heavy (non-hydrogen) atoms. The van der Waals surface area contributed by atoms with Crippen LogP contribution in [0, 0.1) is 0 Å². The lowest BCUT2D eigenvalue weighted by Crippen LogP contribution is -2.55. The monoisotopic (exact) mass is 530 g/mol. The molecule has 1 aromatic heterocycles. The molecular weight excluding hydrogens is 504 g/mol. The van der Waals surface area contributed by atoms with E-state index in [0.717, 1.165) is 4.90 Å². The molecule has 0 spiro atoms. The number of carbonyl (C=O) groups excluding carboxylic acids is 3. The van der Waals surface area contributed by atoms with Crippen molar-refractivity contribution >= 4 is 28.9 Å². The van der Waals surface area contributed by atoms with Gasteiger partial charge in [0, 0.05) is 19.0 Å². The molecule has 0 unspecified atom stereocenters. The van der Waals surface area contributed by atoms with Gasteiger partial charge in [0.25, 0.3) is 17.4 Å². The first-order valence-electron chi connectivity index (χ1n) is 12.2. The third-order valence-electron chi connectivity index (χ3n) is 6.73. The highest BCUT2D eigenvalue weighted by Gasteiger charge is 2.60. The first kappa shape index (κ1) is 25.7. The van der Waals surface area contributed by atoms with Gasteiger partial charge in [-0.25, -0.2) is 14.3 Å². The van der Waals surface area contributed by atoms with Gasteiger partial charge in [-0.2, -0.15) is 0 Å². The lowest BCUT2D eigenvalue weighted by molar-refractivity contribution is -0.150. The number of nitrogens with one attached hydrogen (secondary N) is 1. The van der Waals surface area contributed by atoms with Crippen molar-refractivity contribution in [3.63, 3.8) is 0 Å². The first-order chi connectivity index (χ1) is 18.9. The molecule has 11 heteroatoms. The lowest BCUT2D eigenvalue weighted by Gasteiger charge is -2.25. The molecule has 1 N–H and O–H groups in total. The second-order valence-electron chi connectivity index (χ2n) is 9.09. The van der Waals surface area contributed by atoms with Crippen molar-refractivity contribution in [3.8, 4) is 11.5 Å². The zero-order chi connectivity index (χ0) is 27.6. The van der Waals surface area contributed by atoms with Gasteiger partial charge in [0.05, 0.1) is 20.3 Å². The maximum atomic E-state index is 14.0. The van der Waals surface area contributed by atoms with Crippen molar-refractivity contribution in [1.29, 1.82) is 0 Å². The highest BCUT2D eigenvalue weighted by atomic mass is 16.6. The molecule has 0 radical (unpaired) electrons. The van der Waals surface area contributed by atoms with Crippen molar-refractivity contribution in [3.05, 3.63) is 83.4 Å². The smallest absolute Gasteiger partial charge is 0.418 e. The van der Waals surface area contributed by atoms with Gasteiger partial charge < -0.3 is 19.5 Å². The minimum atomic E-state index is -2.18. The van der Waals surface area contributed by atoms with Crippen LogP contribution in [-0.4, -0.2) is 52.9 Å². The molecule has 3 aromatic carbocycles. The number of imide groups is 1. The molecular formula is C28H26N4O7. The number of amides is 3. The molecule has 3 amide bonds. The van der Waals surface area contributed by atoms with E-state index in [1.54, 1.807) is 67.6 Å². The van der Waals surface area contributed by atoms with E-state index in [1.807, 2.05) is 6.07 Å². The van der Waals surface area contributed by atoms with Crippen molar-refractivity contribution in [2.45, 2.75) is 31.5 Å². The minimum Gasteiger partial charge on any atom is -0.497 e. The van der Waals surface area contributed by atoms with Gasteiger partial charge in [0.1, 0.15) is 22.5 Å². The summed E-state index contributed by atoms with van der Waals surface area (Å²) in [6.07, 6.45) is -1.19. The number of cyclic esters (lactones) is 1. The van der Waals surface area contributed by atoms with Gasteiger partial charge >= 0.3 is 6.09 Å². The van der Waals surface area contributed by atoms with E-state index in [1.165, 1.54) is 14.2 Å². The van der Waals surface area contributed by atoms with Crippen LogP contribution in [-0.2, 0) is 27.3 Å². The van der Waals surface area contributed by atoms with E-state index in [-0.39, 0.29) is 13.0 Å². The summed E-state index contributed by atoms with van der Waals surface area (Å²) in [6, 6.07) is 18.6. The number of nitrogens with zero attached hydrogens (tertiary/aromatic N) is 3. The van der Waals surface area contributed by atoms with E-state index in [9.17, 15) is 14.4 Å². The topological polar surface area (TPSA) is 133 Å². The average Bonchev–Trinajstić information content (AvgIpc) is 3.54. The number of aromatic nitrogens is 2. The van der Waals surface area contributed by atoms with Crippen LogP contribution in [0.4, 0.5) is 4.79 Å². The summed E-state index contributed by atoms with van der Waals surface area (Å²) in [7, 11) is 3.04. The van der Waals surface area contributed by atoms with Gasteiger partial charge in [-0.05, 0) is 52.1 Å². The van der Waals surface area contributed by atoms with Crippen molar-refractivity contribution in [1.82, 2.24) is 20.5 Å². The summed E-state index contributed by atoms with van der Waals surface area (Å²) >= 11 is 0.